The normalized spacial score (nSPS) is 19.2. The molecule has 0 aromatic heterocycles. The summed E-state index contributed by atoms with van der Waals surface area (Å²) in [5.74, 6) is -0.0583. The monoisotopic (exact) mass is 261 g/mol. The standard InChI is InChI=1S/C16H23NO2/c1-2-3-13-19-16(18)15-11-7-8-12-17(15)14-9-5-4-6-10-14/h4-6,9-10,15H,2-3,7-8,11-13H2,1H3. The van der Waals surface area contributed by atoms with Crippen molar-refractivity contribution < 1.29 is 9.53 Å². The van der Waals surface area contributed by atoms with E-state index < -0.39 is 0 Å². The zero-order chi connectivity index (χ0) is 13.5. The van der Waals surface area contributed by atoms with Crippen LogP contribution >= 0.6 is 0 Å². The first-order valence-electron chi connectivity index (χ1n) is 7.31. The van der Waals surface area contributed by atoms with Gasteiger partial charge in [-0.05, 0) is 37.8 Å². The number of unbranched alkanes of at least 4 members (excludes halogenated alkanes) is 1. The zero-order valence-corrected chi connectivity index (χ0v) is 11.7. The molecule has 1 atom stereocenters. The summed E-state index contributed by atoms with van der Waals surface area (Å²) in [6.45, 7) is 3.59. The molecule has 0 amide bonds. The van der Waals surface area contributed by atoms with Crippen molar-refractivity contribution in [3.8, 4) is 0 Å². The van der Waals surface area contributed by atoms with Crippen LogP contribution < -0.4 is 4.90 Å². The summed E-state index contributed by atoms with van der Waals surface area (Å²) in [6.07, 6.45) is 5.16. The fourth-order valence-electron chi connectivity index (χ4n) is 2.52. The minimum absolute atomic E-state index is 0.0583. The second-order valence-electron chi connectivity index (χ2n) is 5.06. The number of benzene rings is 1. The topological polar surface area (TPSA) is 29.5 Å². The lowest BCUT2D eigenvalue weighted by Crippen LogP contribution is -2.45. The molecule has 1 fully saturated rings. The Hall–Kier alpha value is -1.51. The second-order valence-corrected chi connectivity index (χ2v) is 5.06. The summed E-state index contributed by atoms with van der Waals surface area (Å²) >= 11 is 0. The molecule has 3 heteroatoms. The van der Waals surface area contributed by atoms with E-state index >= 15 is 0 Å². The Bertz CT molecular complexity index is 391. The van der Waals surface area contributed by atoms with Crippen molar-refractivity contribution in [2.24, 2.45) is 0 Å². The first kappa shape index (κ1) is 13.9. The molecule has 0 saturated carbocycles. The summed E-state index contributed by atoms with van der Waals surface area (Å²) in [5.41, 5.74) is 1.12. The van der Waals surface area contributed by atoms with Gasteiger partial charge in [-0.25, -0.2) is 4.79 Å². The third-order valence-electron chi connectivity index (χ3n) is 3.60. The smallest absolute Gasteiger partial charge is 0.328 e. The minimum atomic E-state index is -0.104. The number of carbonyl (C=O) groups is 1. The van der Waals surface area contributed by atoms with Crippen molar-refractivity contribution in [1.82, 2.24) is 0 Å². The average molecular weight is 261 g/mol. The number of esters is 1. The van der Waals surface area contributed by atoms with Crippen molar-refractivity contribution in [3.63, 3.8) is 0 Å². The van der Waals surface area contributed by atoms with E-state index in [-0.39, 0.29) is 12.0 Å². The number of anilines is 1. The van der Waals surface area contributed by atoms with Gasteiger partial charge in [0.1, 0.15) is 6.04 Å². The molecule has 1 unspecified atom stereocenters. The van der Waals surface area contributed by atoms with E-state index in [0.717, 1.165) is 44.3 Å². The molecule has 0 radical (unpaired) electrons. The second kappa shape index (κ2) is 7.17. The Morgan fingerprint density at radius 1 is 1.32 bits per heavy atom. The molecule has 1 aromatic carbocycles. The summed E-state index contributed by atoms with van der Waals surface area (Å²) in [6, 6.07) is 10.1. The van der Waals surface area contributed by atoms with Gasteiger partial charge in [-0.3, -0.25) is 0 Å². The molecule has 0 aliphatic carbocycles. The van der Waals surface area contributed by atoms with Gasteiger partial charge in [-0.15, -0.1) is 0 Å². The molecule has 3 nitrogen and oxygen atoms in total. The Morgan fingerprint density at radius 3 is 2.84 bits per heavy atom. The molecule has 1 aromatic rings. The SMILES string of the molecule is CCCCOC(=O)C1CCCCN1c1ccccc1. The fraction of sp³-hybridized carbons (Fsp3) is 0.562. The third kappa shape index (κ3) is 3.72. The first-order valence-corrected chi connectivity index (χ1v) is 7.31. The van der Waals surface area contributed by atoms with Gasteiger partial charge in [-0.2, -0.15) is 0 Å². The fourth-order valence-corrected chi connectivity index (χ4v) is 2.52. The number of rotatable bonds is 5. The highest BCUT2D eigenvalue weighted by molar-refractivity contribution is 5.80. The van der Waals surface area contributed by atoms with Gasteiger partial charge in [0.15, 0.2) is 0 Å². The number of hydrogen-bond donors (Lipinski definition) is 0. The van der Waals surface area contributed by atoms with Crippen molar-refractivity contribution >= 4 is 11.7 Å². The molecule has 1 heterocycles. The van der Waals surface area contributed by atoms with Gasteiger partial charge >= 0.3 is 5.97 Å². The van der Waals surface area contributed by atoms with Crippen LogP contribution in [-0.2, 0) is 9.53 Å². The van der Waals surface area contributed by atoms with Crippen LogP contribution in [0.4, 0.5) is 5.69 Å². The molecular weight excluding hydrogens is 238 g/mol. The lowest BCUT2D eigenvalue weighted by atomic mass is 10.0. The molecule has 2 rings (SSSR count). The van der Waals surface area contributed by atoms with Gasteiger partial charge in [-0.1, -0.05) is 31.5 Å². The van der Waals surface area contributed by atoms with Crippen LogP contribution in [0, 0.1) is 0 Å². The van der Waals surface area contributed by atoms with Crippen molar-refractivity contribution in [3.05, 3.63) is 30.3 Å². The van der Waals surface area contributed by atoms with Crippen LogP contribution in [0.3, 0.4) is 0 Å². The molecule has 104 valence electrons. The molecule has 1 aliphatic rings. The Balaban J connectivity index is 2.01. The maximum absolute atomic E-state index is 12.2. The molecule has 0 N–H and O–H groups in total. The van der Waals surface area contributed by atoms with Gasteiger partial charge in [0.25, 0.3) is 0 Å². The first-order chi connectivity index (χ1) is 9.33. The van der Waals surface area contributed by atoms with Gasteiger partial charge in [0.2, 0.25) is 0 Å². The lowest BCUT2D eigenvalue weighted by molar-refractivity contribution is -0.145. The van der Waals surface area contributed by atoms with E-state index in [1.165, 1.54) is 0 Å². The van der Waals surface area contributed by atoms with Crippen LogP contribution in [0.5, 0.6) is 0 Å². The molecule has 1 aliphatic heterocycles. The third-order valence-corrected chi connectivity index (χ3v) is 3.60. The number of hydrogen-bond acceptors (Lipinski definition) is 3. The number of para-hydroxylation sites is 1. The largest absolute Gasteiger partial charge is 0.464 e. The van der Waals surface area contributed by atoms with E-state index in [2.05, 4.69) is 24.0 Å². The van der Waals surface area contributed by atoms with E-state index in [4.69, 9.17) is 4.74 Å². The highest BCUT2D eigenvalue weighted by Gasteiger charge is 2.29. The molecule has 1 saturated heterocycles. The Kier molecular flexibility index (Phi) is 5.25. The highest BCUT2D eigenvalue weighted by Crippen LogP contribution is 2.25. The van der Waals surface area contributed by atoms with Gasteiger partial charge < -0.3 is 9.64 Å². The number of piperidine rings is 1. The van der Waals surface area contributed by atoms with Crippen LogP contribution in [0.15, 0.2) is 30.3 Å². The molecule has 0 spiro atoms. The number of carbonyl (C=O) groups excluding carboxylic acids is 1. The summed E-state index contributed by atoms with van der Waals surface area (Å²) in [5, 5.41) is 0. The predicted octanol–water partition coefficient (Wildman–Crippen LogP) is 3.39. The van der Waals surface area contributed by atoms with Crippen LogP contribution in [0.2, 0.25) is 0 Å². The van der Waals surface area contributed by atoms with Gasteiger partial charge in [0, 0.05) is 12.2 Å². The number of nitrogens with zero attached hydrogens (tertiary/aromatic N) is 1. The Morgan fingerprint density at radius 2 is 2.11 bits per heavy atom. The average Bonchev–Trinajstić information content (AvgIpc) is 2.48. The summed E-state index contributed by atoms with van der Waals surface area (Å²) in [7, 11) is 0. The minimum Gasteiger partial charge on any atom is -0.464 e. The number of ether oxygens (including phenoxy) is 1. The predicted molar refractivity (Wildman–Crippen MR) is 77.3 cm³/mol. The van der Waals surface area contributed by atoms with E-state index in [1.807, 2.05) is 18.2 Å². The summed E-state index contributed by atoms with van der Waals surface area (Å²) in [4.78, 5) is 14.4. The highest BCUT2D eigenvalue weighted by atomic mass is 16.5. The van der Waals surface area contributed by atoms with Crippen LogP contribution in [-0.4, -0.2) is 25.2 Å². The van der Waals surface area contributed by atoms with E-state index in [0.29, 0.717) is 6.61 Å². The quantitative estimate of drug-likeness (QED) is 0.601. The van der Waals surface area contributed by atoms with Crippen molar-refractivity contribution in [2.75, 3.05) is 18.1 Å². The lowest BCUT2D eigenvalue weighted by Gasteiger charge is -2.35. The zero-order valence-electron chi connectivity index (χ0n) is 11.7. The molecule has 0 bridgehead atoms. The van der Waals surface area contributed by atoms with E-state index in [9.17, 15) is 4.79 Å². The van der Waals surface area contributed by atoms with Crippen molar-refractivity contribution in [1.29, 1.82) is 0 Å². The van der Waals surface area contributed by atoms with E-state index in [1.54, 1.807) is 0 Å². The molecule has 19 heavy (non-hydrogen) atoms. The van der Waals surface area contributed by atoms with Crippen LogP contribution in [0.1, 0.15) is 39.0 Å². The maximum Gasteiger partial charge on any atom is 0.328 e. The molecular formula is C16H23NO2. The van der Waals surface area contributed by atoms with Gasteiger partial charge in [0.05, 0.1) is 6.61 Å². The maximum atomic E-state index is 12.2. The Labute approximate surface area is 115 Å². The summed E-state index contributed by atoms with van der Waals surface area (Å²) < 4.78 is 5.39. The van der Waals surface area contributed by atoms with Crippen molar-refractivity contribution in [2.45, 2.75) is 45.1 Å². The van der Waals surface area contributed by atoms with Crippen LogP contribution in [0.25, 0.3) is 0 Å².